The average Bonchev–Trinajstić information content (AvgIpc) is 2.61. The second kappa shape index (κ2) is 8.71. The normalized spacial score (nSPS) is 15.2. The fraction of sp³-hybridized carbons (Fsp3) is 0.579. The lowest BCUT2D eigenvalue weighted by atomic mass is 9.99. The summed E-state index contributed by atoms with van der Waals surface area (Å²) in [5.41, 5.74) is 1.56. The smallest absolute Gasteiger partial charge is 0.338 e. The number of benzene rings is 1. The van der Waals surface area contributed by atoms with Crippen LogP contribution in [0.3, 0.4) is 0 Å². The van der Waals surface area contributed by atoms with Crippen LogP contribution < -0.4 is 4.90 Å². The Balaban J connectivity index is 1.85. The summed E-state index contributed by atoms with van der Waals surface area (Å²) in [5.74, 6) is 0.121. The Bertz CT molecular complexity index is 544. The van der Waals surface area contributed by atoms with E-state index in [0.29, 0.717) is 11.5 Å². The van der Waals surface area contributed by atoms with E-state index in [1.807, 2.05) is 12.1 Å². The lowest BCUT2D eigenvalue weighted by Crippen LogP contribution is -2.40. The maximum atomic E-state index is 12.1. The number of nitrogens with zero attached hydrogens (tertiary/aromatic N) is 2. The lowest BCUT2D eigenvalue weighted by molar-refractivity contribution is -0.135. The molecule has 0 unspecified atom stereocenters. The minimum absolute atomic E-state index is 0.102. The lowest BCUT2D eigenvalue weighted by Gasteiger charge is -2.30. The summed E-state index contributed by atoms with van der Waals surface area (Å²) < 4.78 is 5.18. The highest BCUT2D eigenvalue weighted by molar-refractivity contribution is 5.91. The van der Waals surface area contributed by atoms with Gasteiger partial charge in [0.25, 0.3) is 5.91 Å². The summed E-state index contributed by atoms with van der Waals surface area (Å²) in [6.07, 6.45) is 2.04. The summed E-state index contributed by atoms with van der Waals surface area (Å²) in [5, 5.41) is 0. The first-order chi connectivity index (χ1) is 11.5. The zero-order chi connectivity index (χ0) is 17.5. The molecule has 1 amide bonds. The molecule has 0 N–H and O–H groups in total. The van der Waals surface area contributed by atoms with Crippen molar-refractivity contribution >= 4 is 17.6 Å². The fourth-order valence-electron chi connectivity index (χ4n) is 2.96. The topological polar surface area (TPSA) is 49.9 Å². The Morgan fingerprint density at radius 3 is 2.25 bits per heavy atom. The van der Waals surface area contributed by atoms with Gasteiger partial charge < -0.3 is 14.5 Å². The summed E-state index contributed by atoms with van der Waals surface area (Å²) in [4.78, 5) is 28.2. The summed E-state index contributed by atoms with van der Waals surface area (Å²) >= 11 is 0. The van der Waals surface area contributed by atoms with Crippen LogP contribution in [0.5, 0.6) is 0 Å². The number of hydrogen-bond donors (Lipinski definition) is 0. The first-order valence-electron chi connectivity index (χ1n) is 8.85. The minimum atomic E-state index is -0.445. The first kappa shape index (κ1) is 18.3. The Morgan fingerprint density at radius 1 is 1.12 bits per heavy atom. The summed E-state index contributed by atoms with van der Waals surface area (Å²) in [6, 6.07) is 7.33. The Hall–Kier alpha value is -2.04. The number of amides is 1. The molecule has 0 atom stereocenters. The van der Waals surface area contributed by atoms with Gasteiger partial charge in [-0.1, -0.05) is 6.92 Å². The van der Waals surface area contributed by atoms with Crippen LogP contribution in [-0.2, 0) is 9.53 Å². The molecule has 0 bridgehead atoms. The van der Waals surface area contributed by atoms with Crippen LogP contribution in [0.25, 0.3) is 0 Å². The largest absolute Gasteiger partial charge is 0.452 e. The minimum Gasteiger partial charge on any atom is -0.452 e. The van der Waals surface area contributed by atoms with Gasteiger partial charge >= 0.3 is 5.97 Å². The molecule has 1 aliphatic rings. The van der Waals surface area contributed by atoms with Gasteiger partial charge in [-0.05, 0) is 56.9 Å². The van der Waals surface area contributed by atoms with Gasteiger partial charge in [-0.25, -0.2) is 4.79 Å². The van der Waals surface area contributed by atoms with Gasteiger partial charge in [-0.3, -0.25) is 4.79 Å². The number of anilines is 1. The van der Waals surface area contributed by atoms with Crippen molar-refractivity contribution in [3.8, 4) is 0 Å². The number of esters is 1. The third-order valence-corrected chi connectivity index (χ3v) is 4.69. The Morgan fingerprint density at radius 2 is 1.71 bits per heavy atom. The zero-order valence-corrected chi connectivity index (χ0v) is 15.0. The van der Waals surface area contributed by atoms with E-state index in [9.17, 15) is 9.59 Å². The standard InChI is InChI=1S/C19H28N2O3/c1-4-20(5-2)17-8-6-16(7-9-17)19(23)24-14-18(22)21-12-10-15(3)11-13-21/h6-9,15H,4-5,10-14H2,1-3H3. The van der Waals surface area contributed by atoms with E-state index in [4.69, 9.17) is 4.74 Å². The van der Waals surface area contributed by atoms with E-state index in [1.54, 1.807) is 17.0 Å². The van der Waals surface area contributed by atoms with Crippen molar-refractivity contribution in [3.05, 3.63) is 29.8 Å². The van der Waals surface area contributed by atoms with E-state index in [-0.39, 0.29) is 12.5 Å². The quantitative estimate of drug-likeness (QED) is 0.752. The van der Waals surface area contributed by atoms with Crippen LogP contribution in [-0.4, -0.2) is 49.6 Å². The summed E-state index contributed by atoms with van der Waals surface area (Å²) in [7, 11) is 0. The Labute approximate surface area is 144 Å². The third-order valence-electron chi connectivity index (χ3n) is 4.69. The molecule has 5 heteroatoms. The fourth-order valence-corrected chi connectivity index (χ4v) is 2.96. The molecule has 132 valence electrons. The van der Waals surface area contributed by atoms with Gasteiger partial charge in [-0.2, -0.15) is 0 Å². The van der Waals surface area contributed by atoms with Crippen molar-refractivity contribution < 1.29 is 14.3 Å². The van der Waals surface area contributed by atoms with E-state index in [1.165, 1.54) is 0 Å². The molecule has 0 radical (unpaired) electrons. The van der Waals surface area contributed by atoms with Crippen molar-refractivity contribution in [2.45, 2.75) is 33.6 Å². The van der Waals surface area contributed by atoms with Crippen molar-refractivity contribution in [3.63, 3.8) is 0 Å². The van der Waals surface area contributed by atoms with Crippen molar-refractivity contribution in [1.29, 1.82) is 0 Å². The van der Waals surface area contributed by atoms with Gasteiger partial charge in [-0.15, -0.1) is 0 Å². The summed E-state index contributed by atoms with van der Waals surface area (Å²) in [6.45, 7) is 9.57. The molecule has 2 rings (SSSR count). The molecule has 24 heavy (non-hydrogen) atoms. The molecule has 1 aromatic carbocycles. The zero-order valence-electron chi connectivity index (χ0n) is 15.0. The Kier molecular flexibility index (Phi) is 6.64. The highest BCUT2D eigenvalue weighted by atomic mass is 16.5. The van der Waals surface area contributed by atoms with Crippen LogP contribution in [0, 0.1) is 5.92 Å². The highest BCUT2D eigenvalue weighted by Crippen LogP contribution is 2.17. The number of piperidine rings is 1. The number of hydrogen-bond acceptors (Lipinski definition) is 4. The second-order valence-corrected chi connectivity index (χ2v) is 6.36. The molecule has 1 aliphatic heterocycles. The predicted molar refractivity (Wildman–Crippen MR) is 95.3 cm³/mol. The van der Waals surface area contributed by atoms with Crippen LogP contribution in [0.4, 0.5) is 5.69 Å². The van der Waals surface area contributed by atoms with Gasteiger partial charge in [0.15, 0.2) is 6.61 Å². The van der Waals surface area contributed by atoms with Crippen LogP contribution in [0.1, 0.15) is 44.0 Å². The maximum Gasteiger partial charge on any atom is 0.338 e. The first-order valence-corrected chi connectivity index (χ1v) is 8.85. The van der Waals surface area contributed by atoms with Gasteiger partial charge in [0, 0.05) is 31.9 Å². The van der Waals surface area contributed by atoms with E-state index in [2.05, 4.69) is 25.7 Å². The SMILES string of the molecule is CCN(CC)c1ccc(C(=O)OCC(=O)N2CCC(C)CC2)cc1. The van der Waals surface area contributed by atoms with Crippen molar-refractivity contribution in [1.82, 2.24) is 4.90 Å². The predicted octanol–water partition coefficient (Wildman–Crippen LogP) is 2.95. The number of rotatable bonds is 6. The molecule has 1 saturated heterocycles. The molecule has 0 aliphatic carbocycles. The van der Waals surface area contributed by atoms with Gasteiger partial charge in [0.1, 0.15) is 0 Å². The van der Waals surface area contributed by atoms with Gasteiger partial charge in [0.05, 0.1) is 5.56 Å². The van der Waals surface area contributed by atoms with Crippen LogP contribution in [0.2, 0.25) is 0 Å². The maximum absolute atomic E-state index is 12.1. The average molecular weight is 332 g/mol. The van der Waals surface area contributed by atoms with E-state index >= 15 is 0 Å². The molecule has 0 saturated carbocycles. The van der Waals surface area contributed by atoms with Crippen molar-refractivity contribution in [2.75, 3.05) is 37.7 Å². The van der Waals surface area contributed by atoms with Crippen LogP contribution in [0.15, 0.2) is 24.3 Å². The highest BCUT2D eigenvalue weighted by Gasteiger charge is 2.21. The molecular formula is C19H28N2O3. The number of carbonyl (C=O) groups is 2. The molecule has 1 fully saturated rings. The molecule has 5 nitrogen and oxygen atoms in total. The molecule has 0 spiro atoms. The van der Waals surface area contributed by atoms with Gasteiger partial charge in [0.2, 0.25) is 0 Å². The molecule has 1 heterocycles. The second-order valence-electron chi connectivity index (χ2n) is 6.36. The third kappa shape index (κ3) is 4.73. The number of carbonyl (C=O) groups excluding carboxylic acids is 2. The number of ether oxygens (including phenoxy) is 1. The van der Waals surface area contributed by atoms with E-state index < -0.39 is 5.97 Å². The van der Waals surface area contributed by atoms with Crippen molar-refractivity contribution in [2.24, 2.45) is 5.92 Å². The monoisotopic (exact) mass is 332 g/mol. The van der Waals surface area contributed by atoms with Crippen LogP contribution >= 0.6 is 0 Å². The number of likely N-dealkylation sites (tertiary alicyclic amines) is 1. The molecule has 1 aromatic rings. The molecule has 0 aromatic heterocycles. The van der Waals surface area contributed by atoms with E-state index in [0.717, 1.165) is 44.7 Å². The molecular weight excluding hydrogens is 304 g/mol.